The fourth-order valence-corrected chi connectivity index (χ4v) is 4.19. The minimum Gasteiger partial charge on any atom is -0.279 e. The van der Waals surface area contributed by atoms with Crippen LogP contribution in [0.2, 0.25) is 5.02 Å². The van der Waals surface area contributed by atoms with Gasteiger partial charge in [0.1, 0.15) is 0 Å². The minimum atomic E-state index is -4.04. The molecule has 0 saturated carbocycles. The molecule has 3 aromatic rings. The van der Waals surface area contributed by atoms with Crippen LogP contribution in [-0.2, 0) is 10.0 Å². The van der Waals surface area contributed by atoms with Crippen molar-refractivity contribution in [2.45, 2.75) is 11.8 Å². The summed E-state index contributed by atoms with van der Waals surface area (Å²) in [7, 11) is -4.04. The Hall–Kier alpha value is -1.90. The summed E-state index contributed by atoms with van der Waals surface area (Å²) >= 11 is 7.03. The quantitative estimate of drug-likeness (QED) is 0.782. The van der Waals surface area contributed by atoms with Gasteiger partial charge in [-0.05, 0) is 31.2 Å². The second kappa shape index (κ2) is 5.38. The predicted molar refractivity (Wildman–Crippen MR) is 86.3 cm³/mol. The van der Waals surface area contributed by atoms with Crippen LogP contribution in [0, 0.1) is 6.92 Å². The monoisotopic (exact) mass is 355 g/mol. The molecule has 0 fully saturated rings. The van der Waals surface area contributed by atoms with E-state index in [1.165, 1.54) is 41.0 Å². The number of hydrogen-bond donors (Lipinski definition) is 1. The summed E-state index contributed by atoms with van der Waals surface area (Å²) in [5.74, 6) is 0. The number of sulfonamides is 1. The van der Waals surface area contributed by atoms with Gasteiger partial charge in [0.05, 0.1) is 5.69 Å². The van der Waals surface area contributed by atoms with E-state index in [2.05, 4.69) is 9.71 Å². The molecule has 0 aliphatic rings. The van der Waals surface area contributed by atoms with Crippen molar-refractivity contribution in [2.24, 2.45) is 0 Å². The maximum atomic E-state index is 12.5. The molecule has 2 aromatic heterocycles. The zero-order valence-corrected chi connectivity index (χ0v) is 13.7. The maximum Gasteiger partial charge on any atom is 0.279 e. The van der Waals surface area contributed by atoms with E-state index in [4.69, 9.17) is 11.6 Å². The first-order valence-electron chi connectivity index (χ1n) is 6.13. The number of fused-ring (bicyclic) bond motifs is 1. The van der Waals surface area contributed by atoms with Crippen molar-refractivity contribution in [3.05, 3.63) is 56.9 Å². The van der Waals surface area contributed by atoms with Crippen molar-refractivity contribution in [3.63, 3.8) is 0 Å². The fourth-order valence-electron chi connectivity index (χ4n) is 2.00. The number of hydrogen-bond acceptors (Lipinski definition) is 5. The van der Waals surface area contributed by atoms with E-state index >= 15 is 0 Å². The zero-order chi connectivity index (χ0) is 15.9. The number of halogens is 1. The Morgan fingerprint density at radius 2 is 1.95 bits per heavy atom. The third kappa shape index (κ3) is 2.60. The third-order valence-corrected chi connectivity index (χ3v) is 5.48. The molecule has 0 amide bonds. The Bertz CT molecular complexity index is 1010. The zero-order valence-electron chi connectivity index (χ0n) is 11.3. The standard InChI is InChI=1S/C13H10ClN3O3S2/c1-8-11(12(18)17-6-7-21-13(17)15-8)22(19,20)16-10-4-2-9(14)3-5-10/h2-7,16H,1H3. The second-order valence-corrected chi connectivity index (χ2v) is 7.43. The molecule has 22 heavy (non-hydrogen) atoms. The highest BCUT2D eigenvalue weighted by molar-refractivity contribution is 7.92. The molecule has 0 aliphatic carbocycles. The number of nitrogens with zero attached hydrogens (tertiary/aromatic N) is 2. The molecule has 1 N–H and O–H groups in total. The van der Waals surface area contributed by atoms with E-state index in [1.807, 2.05) is 0 Å². The lowest BCUT2D eigenvalue weighted by Gasteiger charge is -2.09. The lowest BCUT2D eigenvalue weighted by atomic mass is 10.3. The van der Waals surface area contributed by atoms with Gasteiger partial charge in [0.15, 0.2) is 9.86 Å². The maximum absolute atomic E-state index is 12.5. The number of aromatic nitrogens is 2. The predicted octanol–water partition coefficient (Wildman–Crippen LogP) is 2.52. The van der Waals surface area contributed by atoms with Crippen LogP contribution < -0.4 is 10.3 Å². The van der Waals surface area contributed by atoms with Crippen molar-refractivity contribution in [2.75, 3.05) is 4.72 Å². The molecule has 0 saturated heterocycles. The summed E-state index contributed by atoms with van der Waals surface area (Å²) in [4.78, 5) is 16.6. The summed E-state index contributed by atoms with van der Waals surface area (Å²) in [6.45, 7) is 1.50. The summed E-state index contributed by atoms with van der Waals surface area (Å²) in [5.41, 5.74) is -0.141. The molecule has 114 valence electrons. The Balaban J connectivity index is 2.12. The van der Waals surface area contributed by atoms with E-state index in [-0.39, 0.29) is 10.6 Å². The van der Waals surface area contributed by atoms with E-state index in [9.17, 15) is 13.2 Å². The molecule has 1 aromatic carbocycles. The van der Waals surface area contributed by atoms with E-state index in [1.54, 1.807) is 17.5 Å². The van der Waals surface area contributed by atoms with Gasteiger partial charge >= 0.3 is 0 Å². The second-order valence-electron chi connectivity index (χ2n) is 4.50. The van der Waals surface area contributed by atoms with Gasteiger partial charge in [-0.2, -0.15) is 0 Å². The number of aryl methyl sites for hydroxylation is 1. The largest absolute Gasteiger partial charge is 0.279 e. The van der Waals surface area contributed by atoms with Gasteiger partial charge in [0, 0.05) is 22.3 Å². The Kier molecular flexibility index (Phi) is 3.67. The van der Waals surface area contributed by atoms with Crippen LogP contribution >= 0.6 is 22.9 Å². The smallest absolute Gasteiger partial charge is 0.279 e. The van der Waals surface area contributed by atoms with Crippen molar-refractivity contribution in [1.82, 2.24) is 9.38 Å². The van der Waals surface area contributed by atoms with Gasteiger partial charge in [-0.25, -0.2) is 13.4 Å². The Morgan fingerprint density at radius 1 is 1.27 bits per heavy atom. The third-order valence-electron chi connectivity index (χ3n) is 2.96. The van der Waals surface area contributed by atoms with E-state index in [0.717, 1.165) is 0 Å². The number of benzene rings is 1. The summed E-state index contributed by atoms with van der Waals surface area (Å²) < 4.78 is 28.6. The van der Waals surface area contributed by atoms with E-state index < -0.39 is 15.6 Å². The normalized spacial score (nSPS) is 11.7. The number of anilines is 1. The molecular weight excluding hydrogens is 346 g/mol. The minimum absolute atomic E-state index is 0.161. The first-order chi connectivity index (χ1) is 10.4. The van der Waals surface area contributed by atoms with Gasteiger partial charge in [0.2, 0.25) is 0 Å². The fraction of sp³-hybridized carbons (Fsp3) is 0.0769. The molecule has 0 spiro atoms. The van der Waals surface area contributed by atoms with Gasteiger partial charge in [-0.1, -0.05) is 11.6 Å². The van der Waals surface area contributed by atoms with Gasteiger partial charge in [-0.3, -0.25) is 13.9 Å². The highest BCUT2D eigenvalue weighted by atomic mass is 35.5. The Morgan fingerprint density at radius 3 is 2.64 bits per heavy atom. The molecule has 2 heterocycles. The molecule has 0 radical (unpaired) electrons. The topological polar surface area (TPSA) is 80.5 Å². The molecule has 0 bridgehead atoms. The van der Waals surface area contributed by atoms with Crippen LogP contribution in [0.3, 0.4) is 0 Å². The van der Waals surface area contributed by atoms with Gasteiger partial charge < -0.3 is 0 Å². The highest BCUT2D eigenvalue weighted by Crippen LogP contribution is 2.19. The average Bonchev–Trinajstić information content (AvgIpc) is 2.89. The van der Waals surface area contributed by atoms with Crippen molar-refractivity contribution >= 4 is 43.6 Å². The summed E-state index contributed by atoms with van der Waals surface area (Å²) in [6.07, 6.45) is 1.50. The van der Waals surface area contributed by atoms with Crippen LogP contribution in [0.15, 0.2) is 45.5 Å². The molecular formula is C13H10ClN3O3S2. The highest BCUT2D eigenvalue weighted by Gasteiger charge is 2.24. The molecule has 0 unspecified atom stereocenters. The van der Waals surface area contributed by atoms with Gasteiger partial charge in [-0.15, -0.1) is 11.3 Å². The number of nitrogens with one attached hydrogen (secondary N) is 1. The van der Waals surface area contributed by atoms with Crippen LogP contribution in [0.5, 0.6) is 0 Å². The first kappa shape index (κ1) is 15.0. The number of rotatable bonds is 3. The van der Waals surface area contributed by atoms with Crippen LogP contribution in [0.1, 0.15) is 5.69 Å². The summed E-state index contributed by atoms with van der Waals surface area (Å²) in [5, 5.41) is 2.16. The molecule has 3 rings (SSSR count). The Labute approximate surface area is 135 Å². The van der Waals surface area contributed by atoms with Gasteiger partial charge in [0.25, 0.3) is 15.6 Å². The molecule has 9 heteroatoms. The lowest BCUT2D eigenvalue weighted by molar-refractivity contribution is 0.598. The van der Waals surface area contributed by atoms with Crippen LogP contribution in [-0.4, -0.2) is 17.8 Å². The SMILES string of the molecule is Cc1nc2sccn2c(=O)c1S(=O)(=O)Nc1ccc(Cl)cc1. The molecule has 6 nitrogen and oxygen atoms in total. The van der Waals surface area contributed by atoms with Crippen molar-refractivity contribution in [1.29, 1.82) is 0 Å². The van der Waals surface area contributed by atoms with E-state index in [0.29, 0.717) is 15.7 Å². The lowest BCUT2D eigenvalue weighted by Crippen LogP contribution is -2.27. The summed E-state index contributed by atoms with van der Waals surface area (Å²) in [6, 6.07) is 6.14. The van der Waals surface area contributed by atoms with Crippen LogP contribution in [0.25, 0.3) is 4.96 Å². The van der Waals surface area contributed by atoms with Crippen LogP contribution in [0.4, 0.5) is 5.69 Å². The first-order valence-corrected chi connectivity index (χ1v) is 8.87. The number of thiazole rings is 1. The van der Waals surface area contributed by atoms with Crippen molar-refractivity contribution in [3.8, 4) is 0 Å². The molecule has 0 aliphatic heterocycles. The van der Waals surface area contributed by atoms with Crippen molar-refractivity contribution < 1.29 is 8.42 Å². The molecule has 0 atom stereocenters. The average molecular weight is 356 g/mol.